The molecule has 1 aromatic rings. The summed E-state index contributed by atoms with van der Waals surface area (Å²) in [5.41, 5.74) is 7.42. The number of halogens is 1. The van der Waals surface area contributed by atoms with Crippen molar-refractivity contribution in [3.63, 3.8) is 0 Å². The highest BCUT2D eigenvalue weighted by Gasteiger charge is 2.16. The molecule has 0 aliphatic heterocycles. The van der Waals surface area contributed by atoms with E-state index in [1.807, 2.05) is 22.6 Å². The lowest BCUT2D eigenvalue weighted by Crippen LogP contribution is -2.24. The molecule has 0 aliphatic rings. The summed E-state index contributed by atoms with van der Waals surface area (Å²) >= 11 is 5.47. The summed E-state index contributed by atoms with van der Waals surface area (Å²) in [5, 5.41) is 4.41. The van der Waals surface area contributed by atoms with Gasteiger partial charge in [-0.2, -0.15) is 16.9 Å². The summed E-state index contributed by atoms with van der Waals surface area (Å²) in [4.78, 5) is 2.15. The van der Waals surface area contributed by atoms with Crippen molar-refractivity contribution in [2.45, 2.75) is 26.4 Å². The second-order valence-electron chi connectivity index (χ2n) is 5.44. The number of likely N-dealkylation sites (N-methyl/N-ethyl adjacent to an activating group) is 1. The number of rotatable bonds is 8. The molecule has 1 unspecified atom stereocenters. The molecule has 0 fully saturated rings. The fraction of sp³-hybridized carbons (Fsp3) is 0.769. The average Bonchev–Trinajstić information content (AvgIpc) is 2.67. The van der Waals surface area contributed by atoms with E-state index < -0.39 is 0 Å². The van der Waals surface area contributed by atoms with Crippen molar-refractivity contribution in [3.8, 4) is 0 Å². The topological polar surface area (TPSA) is 47.1 Å². The molecule has 1 atom stereocenters. The molecule has 0 bridgehead atoms. The van der Waals surface area contributed by atoms with Gasteiger partial charge in [-0.05, 0) is 41.7 Å². The van der Waals surface area contributed by atoms with Gasteiger partial charge in [-0.15, -0.1) is 0 Å². The molecule has 0 amide bonds. The van der Waals surface area contributed by atoms with Crippen LogP contribution in [-0.2, 0) is 6.54 Å². The number of aromatic nitrogens is 2. The van der Waals surface area contributed by atoms with E-state index in [4.69, 9.17) is 5.73 Å². The third-order valence-electron chi connectivity index (χ3n) is 2.69. The van der Waals surface area contributed by atoms with Gasteiger partial charge >= 0.3 is 0 Å². The Labute approximate surface area is 129 Å². The van der Waals surface area contributed by atoms with Gasteiger partial charge in [-0.3, -0.25) is 4.68 Å². The molecule has 0 saturated heterocycles. The largest absolute Gasteiger partial charge is 0.322 e. The van der Waals surface area contributed by atoms with Crippen molar-refractivity contribution >= 4 is 27.7 Å². The minimum absolute atomic E-state index is 0.0304. The third-order valence-corrected chi connectivity index (χ3v) is 4.80. The van der Waals surface area contributed by atoms with Crippen LogP contribution in [0.3, 0.4) is 0 Å². The highest BCUT2D eigenvalue weighted by molar-refractivity contribution is 9.10. The van der Waals surface area contributed by atoms with Crippen LogP contribution in [0.5, 0.6) is 0 Å². The minimum Gasteiger partial charge on any atom is -0.322 e. The van der Waals surface area contributed by atoms with E-state index in [0.29, 0.717) is 5.92 Å². The number of thioether (sulfide) groups is 1. The second kappa shape index (κ2) is 8.29. The Morgan fingerprint density at radius 3 is 2.68 bits per heavy atom. The highest BCUT2D eigenvalue weighted by Crippen LogP contribution is 2.25. The van der Waals surface area contributed by atoms with Crippen molar-refractivity contribution in [1.29, 1.82) is 0 Å². The Hall–Kier alpha value is -0.0400. The van der Waals surface area contributed by atoms with E-state index in [-0.39, 0.29) is 6.04 Å². The van der Waals surface area contributed by atoms with Gasteiger partial charge in [0.15, 0.2) is 0 Å². The van der Waals surface area contributed by atoms with Crippen molar-refractivity contribution in [1.82, 2.24) is 14.7 Å². The molecule has 4 nitrogen and oxygen atoms in total. The van der Waals surface area contributed by atoms with Crippen LogP contribution >= 0.6 is 27.7 Å². The molecule has 19 heavy (non-hydrogen) atoms. The number of nitrogens with zero attached hydrogens (tertiary/aromatic N) is 3. The molecule has 1 heterocycles. The molecule has 0 radical (unpaired) electrons. The van der Waals surface area contributed by atoms with Gasteiger partial charge in [-0.25, -0.2) is 0 Å². The quantitative estimate of drug-likeness (QED) is 0.784. The monoisotopic (exact) mass is 348 g/mol. The maximum Gasteiger partial charge on any atom is 0.0702 e. The van der Waals surface area contributed by atoms with Gasteiger partial charge in [-0.1, -0.05) is 13.8 Å². The summed E-state index contributed by atoms with van der Waals surface area (Å²) in [6.07, 6.45) is 1.85. The van der Waals surface area contributed by atoms with Crippen LogP contribution in [0.15, 0.2) is 10.7 Å². The molecule has 0 spiro atoms. The van der Waals surface area contributed by atoms with Crippen LogP contribution < -0.4 is 5.73 Å². The Bertz CT molecular complexity index is 379. The average molecular weight is 349 g/mol. The van der Waals surface area contributed by atoms with Crippen LogP contribution in [0.1, 0.15) is 25.6 Å². The van der Waals surface area contributed by atoms with Gasteiger partial charge < -0.3 is 10.6 Å². The van der Waals surface area contributed by atoms with Gasteiger partial charge in [0.05, 0.1) is 29.0 Å². The van der Waals surface area contributed by atoms with Crippen molar-refractivity contribution in [2.24, 2.45) is 11.7 Å². The first-order valence-corrected chi connectivity index (χ1v) is 8.55. The number of nitrogens with two attached hydrogens (primary N) is 1. The van der Waals surface area contributed by atoms with E-state index in [1.165, 1.54) is 0 Å². The van der Waals surface area contributed by atoms with Gasteiger partial charge in [0.2, 0.25) is 0 Å². The fourth-order valence-electron chi connectivity index (χ4n) is 1.72. The van der Waals surface area contributed by atoms with Crippen LogP contribution in [0, 0.1) is 5.92 Å². The zero-order valence-electron chi connectivity index (χ0n) is 12.3. The van der Waals surface area contributed by atoms with Gasteiger partial charge in [0, 0.05) is 12.3 Å². The molecule has 0 saturated carbocycles. The van der Waals surface area contributed by atoms with Crippen LogP contribution in [0.25, 0.3) is 0 Å². The van der Waals surface area contributed by atoms with Crippen LogP contribution in [0.2, 0.25) is 0 Å². The van der Waals surface area contributed by atoms with E-state index in [9.17, 15) is 0 Å². The maximum atomic E-state index is 6.31. The Morgan fingerprint density at radius 2 is 2.11 bits per heavy atom. The predicted octanol–water partition coefficient (Wildman–Crippen LogP) is 2.60. The minimum atomic E-state index is 0.0304. The first kappa shape index (κ1) is 17.0. The first-order chi connectivity index (χ1) is 8.91. The van der Waals surface area contributed by atoms with Gasteiger partial charge in [0.1, 0.15) is 0 Å². The van der Waals surface area contributed by atoms with Crippen LogP contribution in [-0.4, -0.2) is 46.8 Å². The predicted molar refractivity (Wildman–Crippen MR) is 87.6 cm³/mol. The standard InChI is InChI=1S/C13H25BrN4S/c1-10(2)8-19-9-12(15)13-11(14)7-16-18(13)6-5-17(3)4/h7,10,12H,5-6,8-9,15H2,1-4H3. The van der Waals surface area contributed by atoms with Gasteiger partial charge in [0.25, 0.3) is 0 Å². The molecule has 6 heteroatoms. The number of hydrogen-bond donors (Lipinski definition) is 1. The fourth-order valence-corrected chi connectivity index (χ4v) is 3.33. The Balaban J connectivity index is 2.61. The SMILES string of the molecule is CC(C)CSCC(N)c1c(Br)cnn1CCN(C)C. The molecule has 1 rings (SSSR count). The van der Waals surface area contributed by atoms with E-state index in [2.05, 4.69) is 53.9 Å². The molecular weight excluding hydrogens is 324 g/mol. The van der Waals surface area contributed by atoms with Crippen LogP contribution in [0.4, 0.5) is 0 Å². The first-order valence-electron chi connectivity index (χ1n) is 6.61. The molecule has 2 N–H and O–H groups in total. The van der Waals surface area contributed by atoms with Crippen molar-refractivity contribution < 1.29 is 0 Å². The summed E-state index contributed by atoms with van der Waals surface area (Å²) < 4.78 is 3.04. The summed E-state index contributed by atoms with van der Waals surface area (Å²) in [5.74, 6) is 2.79. The lowest BCUT2D eigenvalue weighted by Gasteiger charge is -2.17. The molecule has 110 valence electrons. The summed E-state index contributed by atoms with van der Waals surface area (Å²) in [7, 11) is 4.13. The summed E-state index contributed by atoms with van der Waals surface area (Å²) in [6, 6.07) is 0.0304. The molecule has 0 aliphatic carbocycles. The smallest absolute Gasteiger partial charge is 0.0702 e. The van der Waals surface area contributed by atoms with E-state index >= 15 is 0 Å². The maximum absolute atomic E-state index is 6.31. The van der Waals surface area contributed by atoms with E-state index in [1.54, 1.807) is 0 Å². The Morgan fingerprint density at radius 1 is 1.42 bits per heavy atom. The zero-order chi connectivity index (χ0) is 14.4. The third kappa shape index (κ3) is 5.85. The lowest BCUT2D eigenvalue weighted by atomic mass is 10.2. The second-order valence-corrected chi connectivity index (χ2v) is 7.37. The lowest BCUT2D eigenvalue weighted by molar-refractivity contribution is 0.367. The molecular formula is C13H25BrN4S. The van der Waals surface area contributed by atoms with E-state index in [0.717, 1.165) is 34.8 Å². The van der Waals surface area contributed by atoms with Crippen molar-refractivity contribution in [2.75, 3.05) is 32.1 Å². The molecule has 0 aromatic carbocycles. The Kier molecular flexibility index (Phi) is 7.42. The van der Waals surface area contributed by atoms with Crippen molar-refractivity contribution in [3.05, 3.63) is 16.4 Å². The summed E-state index contributed by atoms with van der Waals surface area (Å²) in [6.45, 7) is 6.30. The zero-order valence-corrected chi connectivity index (χ0v) is 14.7. The normalized spacial score (nSPS) is 13.5. The number of hydrogen-bond acceptors (Lipinski definition) is 4. The molecule has 1 aromatic heterocycles. The highest BCUT2D eigenvalue weighted by atomic mass is 79.9.